The van der Waals surface area contributed by atoms with Crippen LogP contribution in [0.4, 0.5) is 4.39 Å². The van der Waals surface area contributed by atoms with Crippen LogP contribution in [0.2, 0.25) is 0 Å². The maximum Gasteiger partial charge on any atom is 0.250 e. The fraction of sp³-hybridized carbons (Fsp3) is 0.312. The number of aromatic nitrogens is 1. The van der Waals surface area contributed by atoms with Gasteiger partial charge >= 0.3 is 0 Å². The molecular weight excluding hydrogens is 271 g/mol. The van der Waals surface area contributed by atoms with Crippen molar-refractivity contribution in [3.8, 4) is 5.75 Å². The Balaban J connectivity index is 2.03. The van der Waals surface area contributed by atoms with Gasteiger partial charge in [-0.25, -0.2) is 4.39 Å². The first kappa shape index (κ1) is 15.3. The zero-order chi connectivity index (χ0) is 15.2. The van der Waals surface area contributed by atoms with Crippen molar-refractivity contribution in [3.05, 3.63) is 64.3 Å². The summed E-state index contributed by atoms with van der Waals surface area (Å²) in [4.78, 5) is 11.6. The molecular formula is C16H19FN2O2. The van der Waals surface area contributed by atoms with Crippen LogP contribution in [-0.4, -0.2) is 17.2 Å². The van der Waals surface area contributed by atoms with Gasteiger partial charge in [-0.05, 0) is 43.2 Å². The Labute approximate surface area is 123 Å². The van der Waals surface area contributed by atoms with E-state index in [0.29, 0.717) is 25.3 Å². The minimum Gasteiger partial charge on any atom is -0.491 e. The molecule has 0 aliphatic carbocycles. The van der Waals surface area contributed by atoms with Gasteiger partial charge < -0.3 is 15.0 Å². The predicted molar refractivity (Wildman–Crippen MR) is 80.0 cm³/mol. The lowest BCUT2D eigenvalue weighted by Gasteiger charge is -2.14. The molecule has 2 rings (SSSR count). The van der Waals surface area contributed by atoms with Gasteiger partial charge in [0.15, 0.2) is 0 Å². The molecule has 0 aliphatic heterocycles. The second kappa shape index (κ2) is 7.04. The van der Waals surface area contributed by atoms with Crippen LogP contribution in [0.1, 0.15) is 12.5 Å². The van der Waals surface area contributed by atoms with E-state index in [0.717, 1.165) is 5.56 Å². The highest BCUT2D eigenvalue weighted by Crippen LogP contribution is 2.21. The van der Waals surface area contributed by atoms with Gasteiger partial charge in [0.25, 0.3) is 5.56 Å². The Morgan fingerprint density at radius 1 is 1.33 bits per heavy atom. The number of hydrogen-bond acceptors (Lipinski definition) is 3. The lowest BCUT2D eigenvalue weighted by Crippen LogP contribution is -2.22. The van der Waals surface area contributed by atoms with Gasteiger partial charge in [-0.1, -0.05) is 6.07 Å². The third-order valence-corrected chi connectivity index (χ3v) is 3.05. The molecule has 5 heteroatoms. The first-order chi connectivity index (χ1) is 10.1. The molecule has 4 nitrogen and oxygen atoms in total. The van der Waals surface area contributed by atoms with E-state index in [9.17, 15) is 9.18 Å². The first-order valence-corrected chi connectivity index (χ1v) is 6.88. The average Bonchev–Trinajstić information content (AvgIpc) is 2.42. The molecule has 1 unspecified atom stereocenters. The molecule has 0 fully saturated rings. The van der Waals surface area contributed by atoms with Crippen LogP contribution in [0.15, 0.2) is 47.4 Å². The van der Waals surface area contributed by atoms with Crippen molar-refractivity contribution < 1.29 is 9.13 Å². The molecule has 1 aromatic carbocycles. The van der Waals surface area contributed by atoms with Gasteiger partial charge in [-0.15, -0.1) is 0 Å². The lowest BCUT2D eigenvalue weighted by atomic mass is 10.1. The fourth-order valence-corrected chi connectivity index (χ4v) is 2.09. The highest BCUT2D eigenvalue weighted by atomic mass is 19.1. The Bertz CT molecular complexity index is 653. The van der Waals surface area contributed by atoms with E-state index in [1.165, 1.54) is 18.2 Å². The normalized spacial score (nSPS) is 12.1. The number of rotatable bonds is 6. The number of halogens is 1. The van der Waals surface area contributed by atoms with Gasteiger partial charge in [-0.3, -0.25) is 4.79 Å². The molecule has 2 N–H and O–H groups in total. The SMILES string of the molecule is CC(N)Cc1cc(F)ccc1OCCn1ccccc1=O. The maximum absolute atomic E-state index is 13.3. The summed E-state index contributed by atoms with van der Waals surface area (Å²) in [5, 5.41) is 0. The van der Waals surface area contributed by atoms with Crippen molar-refractivity contribution in [1.82, 2.24) is 4.57 Å². The summed E-state index contributed by atoms with van der Waals surface area (Å²) in [6.07, 6.45) is 2.25. The number of hydrogen-bond donors (Lipinski definition) is 1. The van der Waals surface area contributed by atoms with E-state index in [2.05, 4.69) is 0 Å². The number of pyridine rings is 1. The standard InChI is InChI=1S/C16H19FN2O2/c1-12(18)10-13-11-14(17)5-6-15(13)21-9-8-19-7-3-2-4-16(19)20/h2-7,11-12H,8-10,18H2,1H3. The van der Waals surface area contributed by atoms with Crippen LogP contribution >= 0.6 is 0 Å². The van der Waals surface area contributed by atoms with Gasteiger partial charge in [-0.2, -0.15) is 0 Å². The quantitative estimate of drug-likeness (QED) is 0.884. The van der Waals surface area contributed by atoms with E-state index in [4.69, 9.17) is 10.5 Å². The van der Waals surface area contributed by atoms with E-state index < -0.39 is 0 Å². The van der Waals surface area contributed by atoms with Gasteiger partial charge in [0, 0.05) is 18.3 Å². The molecule has 112 valence electrons. The highest BCUT2D eigenvalue weighted by molar-refractivity contribution is 5.34. The zero-order valence-electron chi connectivity index (χ0n) is 12.0. The summed E-state index contributed by atoms with van der Waals surface area (Å²) in [5.74, 6) is 0.301. The van der Waals surface area contributed by atoms with Gasteiger partial charge in [0.1, 0.15) is 18.2 Å². The third kappa shape index (κ3) is 4.43. The molecule has 1 heterocycles. The minimum absolute atomic E-state index is 0.0731. The predicted octanol–water partition coefficient (Wildman–Crippen LogP) is 1.96. The lowest BCUT2D eigenvalue weighted by molar-refractivity contribution is 0.292. The Kier molecular flexibility index (Phi) is 5.11. The molecule has 21 heavy (non-hydrogen) atoms. The van der Waals surface area contributed by atoms with Gasteiger partial charge in [0.2, 0.25) is 0 Å². The largest absolute Gasteiger partial charge is 0.491 e. The van der Waals surface area contributed by atoms with E-state index in [-0.39, 0.29) is 17.4 Å². The molecule has 0 radical (unpaired) electrons. The average molecular weight is 290 g/mol. The molecule has 0 saturated heterocycles. The topological polar surface area (TPSA) is 57.2 Å². The molecule has 0 aliphatic rings. The fourth-order valence-electron chi connectivity index (χ4n) is 2.09. The monoisotopic (exact) mass is 290 g/mol. The smallest absolute Gasteiger partial charge is 0.250 e. The van der Waals surface area contributed by atoms with E-state index in [1.807, 2.05) is 6.92 Å². The summed E-state index contributed by atoms with van der Waals surface area (Å²) in [7, 11) is 0. The summed E-state index contributed by atoms with van der Waals surface area (Å²) in [6, 6.07) is 9.30. The summed E-state index contributed by atoms with van der Waals surface area (Å²) < 4.78 is 20.5. The van der Waals surface area contributed by atoms with Crippen LogP contribution in [-0.2, 0) is 13.0 Å². The summed E-state index contributed by atoms with van der Waals surface area (Å²) in [5.41, 5.74) is 6.43. The van der Waals surface area contributed by atoms with Gasteiger partial charge in [0.05, 0.1) is 6.54 Å². The Morgan fingerprint density at radius 3 is 2.86 bits per heavy atom. The van der Waals surface area contributed by atoms with E-state index >= 15 is 0 Å². The van der Waals surface area contributed by atoms with Crippen LogP contribution in [0, 0.1) is 5.82 Å². The van der Waals surface area contributed by atoms with Crippen LogP contribution < -0.4 is 16.0 Å². The van der Waals surface area contributed by atoms with Crippen LogP contribution in [0.3, 0.4) is 0 Å². The molecule has 0 spiro atoms. The number of nitrogens with zero attached hydrogens (tertiary/aromatic N) is 1. The van der Waals surface area contributed by atoms with E-state index in [1.54, 1.807) is 29.0 Å². The Morgan fingerprint density at radius 2 is 2.14 bits per heavy atom. The maximum atomic E-state index is 13.3. The van der Waals surface area contributed by atoms with Crippen LogP contribution in [0.5, 0.6) is 5.75 Å². The second-order valence-electron chi connectivity index (χ2n) is 5.01. The molecule has 2 aromatic rings. The number of nitrogens with two attached hydrogens (primary N) is 1. The molecule has 0 saturated carbocycles. The van der Waals surface area contributed by atoms with Crippen molar-refractivity contribution >= 4 is 0 Å². The molecule has 0 bridgehead atoms. The second-order valence-corrected chi connectivity index (χ2v) is 5.01. The van der Waals surface area contributed by atoms with Crippen molar-refractivity contribution in [2.45, 2.75) is 25.9 Å². The first-order valence-electron chi connectivity index (χ1n) is 6.88. The third-order valence-electron chi connectivity index (χ3n) is 3.05. The highest BCUT2D eigenvalue weighted by Gasteiger charge is 2.08. The summed E-state index contributed by atoms with van der Waals surface area (Å²) >= 11 is 0. The van der Waals surface area contributed by atoms with Crippen molar-refractivity contribution in [2.75, 3.05) is 6.61 Å². The Hall–Kier alpha value is -2.14. The van der Waals surface area contributed by atoms with Crippen molar-refractivity contribution in [1.29, 1.82) is 0 Å². The number of benzene rings is 1. The zero-order valence-corrected chi connectivity index (χ0v) is 12.0. The summed E-state index contributed by atoms with van der Waals surface area (Å²) in [6.45, 7) is 2.63. The minimum atomic E-state index is -0.308. The number of ether oxygens (including phenoxy) is 1. The molecule has 1 aromatic heterocycles. The van der Waals surface area contributed by atoms with Crippen molar-refractivity contribution in [3.63, 3.8) is 0 Å². The molecule has 1 atom stereocenters. The molecule has 0 amide bonds. The van der Waals surface area contributed by atoms with Crippen LogP contribution in [0.25, 0.3) is 0 Å². The van der Waals surface area contributed by atoms with Crippen molar-refractivity contribution in [2.24, 2.45) is 5.73 Å².